The second-order valence-corrected chi connectivity index (χ2v) is 6.75. The van der Waals surface area contributed by atoms with Crippen LogP contribution in [-0.4, -0.2) is 20.9 Å². The number of hydrogen-bond acceptors (Lipinski definition) is 3. The zero-order valence-electron chi connectivity index (χ0n) is 11.7. The van der Waals surface area contributed by atoms with Crippen LogP contribution in [0.5, 0.6) is 5.75 Å². The van der Waals surface area contributed by atoms with Gasteiger partial charge in [0.2, 0.25) is 0 Å². The van der Waals surface area contributed by atoms with E-state index in [1.807, 2.05) is 6.07 Å². The number of aromatic nitrogens is 2. The molecule has 2 fully saturated rings. The predicted molar refractivity (Wildman–Crippen MR) is 75.6 cm³/mol. The summed E-state index contributed by atoms with van der Waals surface area (Å²) in [6.45, 7) is 4.37. The Morgan fingerprint density at radius 2 is 2.20 bits per heavy atom. The van der Waals surface area contributed by atoms with Crippen molar-refractivity contribution < 1.29 is 9.90 Å². The van der Waals surface area contributed by atoms with Crippen LogP contribution in [0.2, 0.25) is 0 Å². The summed E-state index contributed by atoms with van der Waals surface area (Å²) in [5, 5.41) is 9.92. The van der Waals surface area contributed by atoms with E-state index in [4.69, 9.17) is 0 Å². The van der Waals surface area contributed by atoms with E-state index >= 15 is 0 Å². The van der Waals surface area contributed by atoms with E-state index in [2.05, 4.69) is 23.8 Å². The molecule has 0 spiro atoms. The Kier molecular flexibility index (Phi) is 2.05. The maximum absolute atomic E-state index is 12.6. The number of phenolic OH excluding ortho intramolecular Hbond substituents is 1. The average molecular weight is 270 g/mol. The van der Waals surface area contributed by atoms with Gasteiger partial charge in [-0.25, -0.2) is 4.98 Å². The second-order valence-electron chi connectivity index (χ2n) is 6.75. The molecule has 2 aliphatic rings. The number of carbonyl (C=O) groups excluding carboxylic acids is 1. The number of aromatic hydroxyl groups is 1. The number of rotatable bonds is 1. The summed E-state index contributed by atoms with van der Waals surface area (Å²) in [5.41, 5.74) is 0.806. The molecule has 2 aliphatic carbocycles. The predicted octanol–water partition coefficient (Wildman–Crippen LogP) is 2.92. The number of H-pyrrole nitrogens is 1. The van der Waals surface area contributed by atoms with Crippen LogP contribution in [0.3, 0.4) is 0 Å². The third-order valence-corrected chi connectivity index (χ3v) is 5.79. The molecule has 4 rings (SSSR count). The maximum Gasteiger partial charge on any atom is 0.147 e. The van der Waals surface area contributed by atoms with Crippen LogP contribution in [0.4, 0.5) is 0 Å². The molecule has 0 radical (unpaired) electrons. The molecule has 0 amide bonds. The molecule has 2 unspecified atom stereocenters. The molecule has 2 N–H and O–H groups in total. The first kappa shape index (κ1) is 11.9. The minimum Gasteiger partial charge on any atom is -0.506 e. The third-order valence-electron chi connectivity index (χ3n) is 5.79. The van der Waals surface area contributed by atoms with Gasteiger partial charge in [0.05, 0.1) is 10.9 Å². The normalized spacial score (nSPS) is 31.3. The number of hydrogen-bond donors (Lipinski definition) is 2. The number of phenols is 1. The number of Topliss-reactive ketones (excluding diaryl/α,β-unsaturated/α-hetero) is 1. The number of carbonyl (C=O) groups is 1. The second kappa shape index (κ2) is 3.43. The van der Waals surface area contributed by atoms with Crippen LogP contribution in [-0.2, 0) is 10.2 Å². The average Bonchev–Trinajstić information content (AvgIpc) is 2.98. The molecule has 1 aromatic carbocycles. The summed E-state index contributed by atoms with van der Waals surface area (Å²) in [5.74, 6) is 1.66. The van der Waals surface area contributed by atoms with E-state index in [0.717, 1.165) is 24.2 Å². The quantitative estimate of drug-likeness (QED) is 0.837. The van der Waals surface area contributed by atoms with Gasteiger partial charge in [-0.1, -0.05) is 19.9 Å². The topological polar surface area (TPSA) is 66.0 Å². The Hall–Kier alpha value is -1.84. The largest absolute Gasteiger partial charge is 0.506 e. The Balaban J connectivity index is 1.98. The SMILES string of the molecule is CC1(C)C2CCC1(c1nc3c(O)cccc3[nH]1)C(=O)C2. The van der Waals surface area contributed by atoms with Gasteiger partial charge in [0, 0.05) is 6.42 Å². The lowest BCUT2D eigenvalue weighted by atomic mass is 9.68. The van der Waals surface area contributed by atoms with Gasteiger partial charge < -0.3 is 10.1 Å². The van der Waals surface area contributed by atoms with Gasteiger partial charge in [-0.2, -0.15) is 0 Å². The number of para-hydroxylation sites is 1. The van der Waals surface area contributed by atoms with Gasteiger partial charge in [0.1, 0.15) is 22.9 Å². The van der Waals surface area contributed by atoms with Crippen LogP contribution in [0.25, 0.3) is 11.0 Å². The third kappa shape index (κ3) is 1.14. The molecule has 1 heterocycles. The number of benzene rings is 1. The highest BCUT2D eigenvalue weighted by atomic mass is 16.3. The van der Waals surface area contributed by atoms with Crippen molar-refractivity contribution in [3.63, 3.8) is 0 Å². The van der Waals surface area contributed by atoms with Crippen molar-refractivity contribution in [1.29, 1.82) is 0 Å². The van der Waals surface area contributed by atoms with E-state index in [0.29, 0.717) is 23.6 Å². The van der Waals surface area contributed by atoms with Crippen LogP contribution >= 0.6 is 0 Å². The number of aromatic amines is 1. The molecule has 0 aliphatic heterocycles. The van der Waals surface area contributed by atoms with Crippen molar-refractivity contribution in [1.82, 2.24) is 9.97 Å². The van der Waals surface area contributed by atoms with Crippen LogP contribution < -0.4 is 0 Å². The summed E-state index contributed by atoms with van der Waals surface area (Å²) in [4.78, 5) is 20.5. The molecule has 4 heteroatoms. The fourth-order valence-corrected chi connectivity index (χ4v) is 4.45. The smallest absolute Gasteiger partial charge is 0.147 e. The highest BCUT2D eigenvalue weighted by molar-refractivity contribution is 5.95. The lowest BCUT2D eigenvalue weighted by molar-refractivity contribution is -0.124. The Morgan fingerprint density at radius 1 is 1.40 bits per heavy atom. The number of fused-ring (bicyclic) bond motifs is 3. The zero-order chi connectivity index (χ0) is 14.1. The lowest BCUT2D eigenvalue weighted by Crippen LogP contribution is -2.41. The van der Waals surface area contributed by atoms with Crippen molar-refractivity contribution in [2.75, 3.05) is 0 Å². The van der Waals surface area contributed by atoms with Crippen molar-refractivity contribution in [2.45, 2.75) is 38.5 Å². The molecule has 0 saturated heterocycles. The van der Waals surface area contributed by atoms with Crippen molar-refractivity contribution in [3.8, 4) is 5.75 Å². The molecule has 20 heavy (non-hydrogen) atoms. The Bertz CT molecular complexity index is 731. The van der Waals surface area contributed by atoms with E-state index in [9.17, 15) is 9.90 Å². The van der Waals surface area contributed by atoms with Crippen LogP contribution in [0.1, 0.15) is 38.9 Å². The van der Waals surface area contributed by atoms with Gasteiger partial charge in [0.15, 0.2) is 0 Å². The van der Waals surface area contributed by atoms with Crippen molar-refractivity contribution >= 4 is 16.8 Å². The summed E-state index contributed by atoms with van der Waals surface area (Å²) in [6.07, 6.45) is 2.61. The van der Waals surface area contributed by atoms with E-state index in [1.54, 1.807) is 12.1 Å². The molecule has 104 valence electrons. The monoisotopic (exact) mass is 270 g/mol. The minimum atomic E-state index is -0.497. The van der Waals surface area contributed by atoms with Gasteiger partial charge in [-0.3, -0.25) is 4.79 Å². The van der Waals surface area contributed by atoms with E-state index in [-0.39, 0.29) is 11.2 Å². The van der Waals surface area contributed by atoms with Crippen molar-refractivity contribution in [3.05, 3.63) is 24.0 Å². The fourth-order valence-electron chi connectivity index (χ4n) is 4.45. The van der Waals surface area contributed by atoms with Gasteiger partial charge in [0.25, 0.3) is 0 Å². The lowest BCUT2D eigenvalue weighted by Gasteiger charge is -2.34. The van der Waals surface area contributed by atoms with Crippen molar-refractivity contribution in [2.24, 2.45) is 11.3 Å². The molecular formula is C16H18N2O2. The molecule has 2 bridgehead atoms. The Morgan fingerprint density at radius 3 is 2.80 bits per heavy atom. The molecule has 4 nitrogen and oxygen atoms in total. The summed E-state index contributed by atoms with van der Waals surface area (Å²) in [6, 6.07) is 5.31. The summed E-state index contributed by atoms with van der Waals surface area (Å²) >= 11 is 0. The first-order valence-electron chi connectivity index (χ1n) is 7.18. The van der Waals surface area contributed by atoms with Crippen LogP contribution in [0, 0.1) is 11.3 Å². The molecule has 2 aromatic rings. The highest BCUT2D eigenvalue weighted by Gasteiger charge is 2.66. The fraction of sp³-hybridized carbons (Fsp3) is 0.500. The number of nitrogens with zero attached hydrogens (tertiary/aromatic N) is 1. The van der Waals surface area contributed by atoms with E-state index in [1.165, 1.54) is 0 Å². The summed E-state index contributed by atoms with van der Waals surface area (Å²) < 4.78 is 0. The summed E-state index contributed by atoms with van der Waals surface area (Å²) in [7, 11) is 0. The standard InChI is InChI=1S/C16H18N2O2/c1-15(2)9-6-7-16(15,12(20)8-9)14-17-10-4-3-5-11(19)13(10)18-14/h3-5,9,19H,6-8H2,1-2H3,(H,17,18). The number of imidazole rings is 1. The van der Waals surface area contributed by atoms with Gasteiger partial charge >= 0.3 is 0 Å². The Labute approximate surface area is 117 Å². The van der Waals surface area contributed by atoms with Gasteiger partial charge in [-0.15, -0.1) is 0 Å². The molecular weight excluding hydrogens is 252 g/mol. The highest BCUT2D eigenvalue weighted by Crippen LogP contribution is 2.64. The molecule has 2 saturated carbocycles. The maximum atomic E-state index is 12.6. The minimum absolute atomic E-state index is 0.0619. The molecule has 1 aromatic heterocycles. The zero-order valence-corrected chi connectivity index (χ0v) is 11.7. The van der Waals surface area contributed by atoms with Gasteiger partial charge in [-0.05, 0) is 36.3 Å². The van der Waals surface area contributed by atoms with Crippen LogP contribution in [0.15, 0.2) is 18.2 Å². The molecule has 2 atom stereocenters. The first-order chi connectivity index (χ1) is 9.47. The number of nitrogens with one attached hydrogen (secondary N) is 1. The van der Waals surface area contributed by atoms with E-state index < -0.39 is 5.41 Å². The first-order valence-corrected chi connectivity index (χ1v) is 7.18. The number of ketones is 1.